The molecule has 3 heteroatoms. The van der Waals surface area contributed by atoms with Crippen LogP contribution in [0.1, 0.15) is 19.4 Å². The SMILES string of the molecule is CC1(C)Oc2cccc(N)c2C1=S. The zero-order chi connectivity index (χ0) is 9.64. The van der Waals surface area contributed by atoms with E-state index in [-0.39, 0.29) is 0 Å². The molecule has 0 saturated carbocycles. The van der Waals surface area contributed by atoms with Crippen LogP contribution in [-0.2, 0) is 0 Å². The molecular weight excluding hydrogens is 182 g/mol. The Kier molecular flexibility index (Phi) is 1.60. The Morgan fingerprint density at radius 3 is 2.69 bits per heavy atom. The normalized spacial score (nSPS) is 18.2. The lowest BCUT2D eigenvalue weighted by molar-refractivity contribution is 0.200. The van der Waals surface area contributed by atoms with Crippen molar-refractivity contribution in [2.75, 3.05) is 5.73 Å². The van der Waals surface area contributed by atoms with Gasteiger partial charge in [-0.15, -0.1) is 0 Å². The highest BCUT2D eigenvalue weighted by atomic mass is 32.1. The second-order valence-electron chi connectivity index (χ2n) is 3.66. The molecule has 0 atom stereocenters. The summed E-state index contributed by atoms with van der Waals surface area (Å²) in [5.74, 6) is 0.801. The van der Waals surface area contributed by atoms with E-state index in [9.17, 15) is 0 Å². The Hall–Kier alpha value is -1.09. The van der Waals surface area contributed by atoms with E-state index < -0.39 is 5.60 Å². The molecular formula is C10H11NOS. The molecule has 0 aromatic heterocycles. The van der Waals surface area contributed by atoms with E-state index in [2.05, 4.69) is 0 Å². The van der Waals surface area contributed by atoms with Gasteiger partial charge < -0.3 is 10.5 Å². The number of rotatable bonds is 0. The van der Waals surface area contributed by atoms with Crippen molar-refractivity contribution in [1.82, 2.24) is 0 Å². The van der Waals surface area contributed by atoms with Gasteiger partial charge in [0.2, 0.25) is 0 Å². The van der Waals surface area contributed by atoms with Crippen LogP contribution in [0.25, 0.3) is 0 Å². The van der Waals surface area contributed by atoms with Gasteiger partial charge in [-0.05, 0) is 26.0 Å². The number of hydrogen-bond acceptors (Lipinski definition) is 3. The van der Waals surface area contributed by atoms with Crippen LogP contribution in [0.2, 0.25) is 0 Å². The molecule has 2 rings (SSSR count). The van der Waals surface area contributed by atoms with Crippen molar-refractivity contribution in [3.8, 4) is 5.75 Å². The van der Waals surface area contributed by atoms with Gasteiger partial charge in [0.15, 0.2) is 0 Å². The van der Waals surface area contributed by atoms with E-state index in [1.54, 1.807) is 0 Å². The van der Waals surface area contributed by atoms with E-state index in [1.807, 2.05) is 32.0 Å². The molecule has 0 saturated heterocycles. The molecule has 0 amide bonds. The molecule has 0 radical (unpaired) electrons. The fourth-order valence-electron chi connectivity index (χ4n) is 1.50. The number of nitrogens with two attached hydrogens (primary N) is 1. The minimum Gasteiger partial charge on any atom is -0.482 e. The molecule has 1 aromatic rings. The molecule has 68 valence electrons. The predicted molar refractivity (Wildman–Crippen MR) is 57.3 cm³/mol. The maximum atomic E-state index is 5.82. The summed E-state index contributed by atoms with van der Waals surface area (Å²) in [5.41, 5.74) is 7.01. The van der Waals surface area contributed by atoms with Gasteiger partial charge in [0.1, 0.15) is 11.4 Å². The minimum atomic E-state index is -0.396. The largest absolute Gasteiger partial charge is 0.482 e. The van der Waals surface area contributed by atoms with E-state index in [0.29, 0.717) is 5.69 Å². The van der Waals surface area contributed by atoms with Gasteiger partial charge in [-0.3, -0.25) is 0 Å². The maximum Gasteiger partial charge on any atom is 0.139 e. The van der Waals surface area contributed by atoms with Crippen molar-refractivity contribution in [2.45, 2.75) is 19.4 Å². The summed E-state index contributed by atoms with van der Waals surface area (Å²) >= 11 is 5.29. The number of thiocarbonyl (C=S) groups is 1. The number of fused-ring (bicyclic) bond motifs is 1. The van der Waals surface area contributed by atoms with Crippen molar-refractivity contribution in [3.05, 3.63) is 23.8 Å². The molecule has 2 N–H and O–H groups in total. The fourth-order valence-corrected chi connectivity index (χ4v) is 1.76. The smallest absolute Gasteiger partial charge is 0.139 e. The highest BCUT2D eigenvalue weighted by molar-refractivity contribution is 7.81. The topological polar surface area (TPSA) is 35.2 Å². The van der Waals surface area contributed by atoms with Gasteiger partial charge in [-0.1, -0.05) is 18.3 Å². The maximum absolute atomic E-state index is 5.82. The molecule has 1 aliphatic heterocycles. The van der Waals surface area contributed by atoms with Gasteiger partial charge in [-0.2, -0.15) is 0 Å². The molecule has 0 aliphatic carbocycles. The zero-order valence-electron chi connectivity index (χ0n) is 7.63. The van der Waals surface area contributed by atoms with E-state index in [4.69, 9.17) is 22.7 Å². The first-order chi connectivity index (χ1) is 6.02. The average Bonchev–Trinajstić information content (AvgIpc) is 2.24. The van der Waals surface area contributed by atoms with Crippen LogP contribution in [0.3, 0.4) is 0 Å². The summed E-state index contributed by atoms with van der Waals surface area (Å²) in [7, 11) is 0. The number of benzene rings is 1. The van der Waals surface area contributed by atoms with Crippen molar-refractivity contribution < 1.29 is 4.74 Å². The molecule has 0 fully saturated rings. The Balaban J connectivity index is 2.64. The Bertz CT molecular complexity index is 385. The predicted octanol–water partition coefficient (Wildman–Crippen LogP) is 2.16. The van der Waals surface area contributed by atoms with Crippen LogP contribution in [0.15, 0.2) is 18.2 Å². The van der Waals surface area contributed by atoms with Crippen LogP contribution < -0.4 is 10.5 Å². The molecule has 0 unspecified atom stereocenters. The minimum absolute atomic E-state index is 0.396. The van der Waals surface area contributed by atoms with Crippen LogP contribution in [0.4, 0.5) is 5.69 Å². The second kappa shape index (κ2) is 2.45. The first-order valence-electron chi connectivity index (χ1n) is 4.15. The van der Waals surface area contributed by atoms with Crippen LogP contribution in [-0.4, -0.2) is 10.5 Å². The fraction of sp³-hybridized carbons (Fsp3) is 0.300. The van der Waals surface area contributed by atoms with Gasteiger partial charge in [0, 0.05) is 5.69 Å². The Morgan fingerprint density at radius 2 is 2.08 bits per heavy atom. The molecule has 1 heterocycles. The summed E-state index contributed by atoms with van der Waals surface area (Å²) < 4.78 is 5.67. The number of nitrogen functional groups attached to an aromatic ring is 1. The summed E-state index contributed by atoms with van der Waals surface area (Å²) in [5, 5.41) is 0. The van der Waals surface area contributed by atoms with E-state index in [0.717, 1.165) is 16.2 Å². The van der Waals surface area contributed by atoms with Gasteiger partial charge >= 0.3 is 0 Å². The molecule has 13 heavy (non-hydrogen) atoms. The third-order valence-electron chi connectivity index (χ3n) is 2.20. The van der Waals surface area contributed by atoms with Gasteiger partial charge in [0.05, 0.1) is 10.4 Å². The zero-order valence-corrected chi connectivity index (χ0v) is 8.44. The lowest BCUT2D eigenvalue weighted by Gasteiger charge is -2.17. The third-order valence-corrected chi connectivity index (χ3v) is 2.89. The van der Waals surface area contributed by atoms with Gasteiger partial charge in [0.25, 0.3) is 0 Å². The quantitative estimate of drug-likeness (QED) is 0.506. The summed E-state index contributed by atoms with van der Waals surface area (Å²) in [6.45, 7) is 3.91. The molecule has 1 aromatic carbocycles. The number of anilines is 1. The summed E-state index contributed by atoms with van der Waals surface area (Å²) in [4.78, 5) is 0.792. The highest BCUT2D eigenvalue weighted by Gasteiger charge is 2.37. The van der Waals surface area contributed by atoms with E-state index >= 15 is 0 Å². The van der Waals surface area contributed by atoms with Crippen molar-refractivity contribution >= 4 is 22.8 Å². The van der Waals surface area contributed by atoms with Crippen LogP contribution in [0.5, 0.6) is 5.75 Å². The lowest BCUT2D eigenvalue weighted by atomic mass is 10.0. The monoisotopic (exact) mass is 193 g/mol. The highest BCUT2D eigenvalue weighted by Crippen LogP contribution is 2.38. The van der Waals surface area contributed by atoms with Gasteiger partial charge in [-0.25, -0.2) is 0 Å². The van der Waals surface area contributed by atoms with Crippen molar-refractivity contribution in [3.63, 3.8) is 0 Å². The Labute approximate surface area is 82.7 Å². The first-order valence-corrected chi connectivity index (χ1v) is 4.55. The van der Waals surface area contributed by atoms with Crippen LogP contribution in [0, 0.1) is 0 Å². The summed E-state index contributed by atoms with van der Waals surface area (Å²) in [6.07, 6.45) is 0. The standard InChI is InChI=1S/C10H11NOS/c1-10(2)9(13)8-6(11)4-3-5-7(8)12-10/h3-5H,11H2,1-2H3. The van der Waals surface area contributed by atoms with Crippen LogP contribution >= 0.6 is 12.2 Å². The van der Waals surface area contributed by atoms with Crippen molar-refractivity contribution in [2.24, 2.45) is 0 Å². The first kappa shape index (κ1) is 8.51. The molecule has 1 aliphatic rings. The molecule has 0 spiro atoms. The second-order valence-corrected chi connectivity index (χ2v) is 4.07. The molecule has 0 bridgehead atoms. The lowest BCUT2D eigenvalue weighted by Crippen LogP contribution is -2.31. The Morgan fingerprint density at radius 1 is 1.38 bits per heavy atom. The average molecular weight is 193 g/mol. The third kappa shape index (κ3) is 1.11. The molecule has 2 nitrogen and oxygen atoms in total. The summed E-state index contributed by atoms with van der Waals surface area (Å²) in [6, 6.07) is 5.61. The van der Waals surface area contributed by atoms with Crippen molar-refractivity contribution in [1.29, 1.82) is 0 Å². The van der Waals surface area contributed by atoms with E-state index in [1.165, 1.54) is 0 Å². The number of ether oxygens (including phenoxy) is 1. The number of hydrogen-bond donors (Lipinski definition) is 1.